The molecule has 3 N–H and O–H groups in total. The molecule has 0 amide bonds. The summed E-state index contributed by atoms with van der Waals surface area (Å²) < 4.78 is 0. The van der Waals surface area contributed by atoms with Crippen LogP contribution in [0.1, 0.15) is 17.5 Å². The highest BCUT2D eigenvalue weighted by molar-refractivity contribution is 5.57. The topological polar surface area (TPSA) is 38.0 Å². The maximum atomic E-state index is 5.58. The Morgan fingerprint density at radius 3 is 3.14 bits per heavy atom. The summed E-state index contributed by atoms with van der Waals surface area (Å²) in [5, 5.41) is 3.33. The molecule has 0 bridgehead atoms. The number of nitrogens with two attached hydrogens (primary N) is 1. The van der Waals surface area contributed by atoms with Gasteiger partial charge in [-0.05, 0) is 30.0 Å². The van der Waals surface area contributed by atoms with E-state index in [2.05, 4.69) is 29.4 Å². The third-order valence-corrected chi connectivity index (χ3v) is 2.64. The first-order chi connectivity index (χ1) is 6.83. The molecule has 1 unspecified atom stereocenters. The Morgan fingerprint density at radius 2 is 2.43 bits per heavy atom. The first-order valence-corrected chi connectivity index (χ1v) is 4.88. The van der Waals surface area contributed by atoms with Crippen LogP contribution in [0.2, 0.25) is 0 Å². The van der Waals surface area contributed by atoms with Gasteiger partial charge in [-0.1, -0.05) is 18.1 Å². The Hall–Kier alpha value is -1.46. The number of rotatable bonds is 1. The molecule has 1 aromatic rings. The van der Waals surface area contributed by atoms with Gasteiger partial charge in [0.25, 0.3) is 0 Å². The van der Waals surface area contributed by atoms with Crippen molar-refractivity contribution in [1.82, 2.24) is 0 Å². The molecule has 1 heterocycles. The van der Waals surface area contributed by atoms with Crippen LogP contribution in [-0.4, -0.2) is 6.04 Å². The van der Waals surface area contributed by atoms with Gasteiger partial charge in [0.1, 0.15) is 0 Å². The van der Waals surface area contributed by atoms with Gasteiger partial charge in [0.15, 0.2) is 0 Å². The largest absolute Gasteiger partial charge is 0.371 e. The first kappa shape index (κ1) is 9.11. The molecule has 2 nitrogen and oxygen atoms in total. The van der Waals surface area contributed by atoms with E-state index in [1.807, 2.05) is 0 Å². The third-order valence-electron chi connectivity index (χ3n) is 2.64. The number of anilines is 1. The molecule has 1 aliphatic heterocycles. The van der Waals surface area contributed by atoms with Crippen LogP contribution in [0.4, 0.5) is 5.69 Å². The molecule has 0 saturated heterocycles. The van der Waals surface area contributed by atoms with E-state index in [9.17, 15) is 0 Å². The molecule has 1 aliphatic rings. The van der Waals surface area contributed by atoms with E-state index in [1.165, 1.54) is 5.56 Å². The minimum atomic E-state index is 0.176. The predicted molar refractivity (Wildman–Crippen MR) is 58.9 cm³/mol. The SMILES string of the molecule is C#CC1CCc2ccc(CN)cc2N1. The number of fused-ring (bicyclic) bond motifs is 1. The standard InChI is InChI=1S/C12H14N2/c1-2-11-6-5-10-4-3-9(8-13)7-12(10)14-11/h1,3-4,7,11,14H,5-6,8,13H2. The van der Waals surface area contributed by atoms with Gasteiger partial charge in [-0.3, -0.25) is 0 Å². The second-order valence-corrected chi connectivity index (χ2v) is 3.60. The Bertz CT molecular complexity index is 376. The molecular formula is C12H14N2. The van der Waals surface area contributed by atoms with Crippen LogP contribution in [0.5, 0.6) is 0 Å². The number of nitrogens with one attached hydrogen (secondary N) is 1. The smallest absolute Gasteiger partial charge is 0.0877 e. The van der Waals surface area contributed by atoms with Crippen LogP contribution >= 0.6 is 0 Å². The summed E-state index contributed by atoms with van der Waals surface area (Å²) in [5.41, 5.74) is 9.23. The van der Waals surface area contributed by atoms with E-state index in [4.69, 9.17) is 12.2 Å². The summed E-state index contributed by atoms with van der Waals surface area (Å²) in [4.78, 5) is 0. The molecule has 0 fully saturated rings. The number of hydrogen-bond acceptors (Lipinski definition) is 2. The van der Waals surface area contributed by atoms with E-state index in [0.29, 0.717) is 6.54 Å². The molecule has 14 heavy (non-hydrogen) atoms. The van der Waals surface area contributed by atoms with Gasteiger partial charge in [0, 0.05) is 12.2 Å². The van der Waals surface area contributed by atoms with Crippen molar-refractivity contribution < 1.29 is 0 Å². The molecular weight excluding hydrogens is 172 g/mol. The van der Waals surface area contributed by atoms with Gasteiger partial charge in [-0.25, -0.2) is 0 Å². The molecule has 2 rings (SSSR count). The van der Waals surface area contributed by atoms with Crippen molar-refractivity contribution in [2.45, 2.75) is 25.4 Å². The lowest BCUT2D eigenvalue weighted by Crippen LogP contribution is -2.23. The third kappa shape index (κ3) is 1.59. The fraction of sp³-hybridized carbons (Fsp3) is 0.333. The van der Waals surface area contributed by atoms with Crippen molar-refractivity contribution >= 4 is 5.69 Å². The lowest BCUT2D eigenvalue weighted by Gasteiger charge is -2.23. The van der Waals surface area contributed by atoms with Gasteiger partial charge in [-0.2, -0.15) is 0 Å². The Labute approximate surface area is 84.5 Å². The quantitative estimate of drug-likeness (QED) is 0.652. The van der Waals surface area contributed by atoms with Gasteiger partial charge >= 0.3 is 0 Å². The molecule has 0 aromatic heterocycles. The summed E-state index contributed by atoms with van der Waals surface area (Å²) in [6.45, 7) is 0.579. The fourth-order valence-corrected chi connectivity index (χ4v) is 1.79. The second-order valence-electron chi connectivity index (χ2n) is 3.60. The summed E-state index contributed by atoms with van der Waals surface area (Å²) in [7, 11) is 0. The maximum Gasteiger partial charge on any atom is 0.0877 e. The molecule has 72 valence electrons. The van der Waals surface area contributed by atoms with Crippen LogP contribution in [0, 0.1) is 12.3 Å². The number of benzene rings is 1. The van der Waals surface area contributed by atoms with Crippen LogP contribution in [0.3, 0.4) is 0 Å². The minimum absolute atomic E-state index is 0.176. The number of hydrogen-bond donors (Lipinski definition) is 2. The van der Waals surface area contributed by atoms with E-state index >= 15 is 0 Å². The molecule has 1 aromatic carbocycles. The molecule has 0 spiro atoms. The van der Waals surface area contributed by atoms with Crippen LogP contribution < -0.4 is 11.1 Å². The minimum Gasteiger partial charge on any atom is -0.371 e. The average molecular weight is 186 g/mol. The molecule has 2 heteroatoms. The molecule has 0 saturated carbocycles. The van der Waals surface area contributed by atoms with Crippen LogP contribution in [-0.2, 0) is 13.0 Å². The van der Waals surface area contributed by atoms with E-state index in [1.54, 1.807) is 0 Å². The zero-order chi connectivity index (χ0) is 9.97. The van der Waals surface area contributed by atoms with Gasteiger partial charge in [-0.15, -0.1) is 6.42 Å². The van der Waals surface area contributed by atoms with Crippen molar-refractivity contribution in [3.63, 3.8) is 0 Å². The number of aryl methyl sites for hydroxylation is 1. The van der Waals surface area contributed by atoms with Gasteiger partial charge in [0.2, 0.25) is 0 Å². The summed E-state index contributed by atoms with van der Waals surface area (Å²) >= 11 is 0. The van der Waals surface area contributed by atoms with Crippen molar-refractivity contribution in [1.29, 1.82) is 0 Å². The van der Waals surface area contributed by atoms with Crippen molar-refractivity contribution in [2.24, 2.45) is 5.73 Å². The maximum absolute atomic E-state index is 5.58. The van der Waals surface area contributed by atoms with E-state index < -0.39 is 0 Å². The lowest BCUT2D eigenvalue weighted by atomic mass is 9.97. The monoisotopic (exact) mass is 186 g/mol. The fourth-order valence-electron chi connectivity index (χ4n) is 1.79. The highest BCUT2D eigenvalue weighted by atomic mass is 14.9. The highest BCUT2D eigenvalue weighted by Crippen LogP contribution is 2.25. The highest BCUT2D eigenvalue weighted by Gasteiger charge is 2.15. The average Bonchev–Trinajstić information content (AvgIpc) is 2.27. The van der Waals surface area contributed by atoms with Crippen LogP contribution in [0.15, 0.2) is 18.2 Å². The van der Waals surface area contributed by atoms with Gasteiger partial charge in [0.05, 0.1) is 6.04 Å². The zero-order valence-electron chi connectivity index (χ0n) is 8.09. The van der Waals surface area contributed by atoms with Crippen molar-refractivity contribution in [2.75, 3.05) is 5.32 Å². The van der Waals surface area contributed by atoms with Gasteiger partial charge < -0.3 is 11.1 Å². The Balaban J connectivity index is 2.30. The van der Waals surface area contributed by atoms with Crippen LogP contribution in [0.25, 0.3) is 0 Å². The summed E-state index contributed by atoms with van der Waals surface area (Å²) in [6.07, 6.45) is 7.47. The Kier molecular flexibility index (Phi) is 2.43. The lowest BCUT2D eigenvalue weighted by molar-refractivity contribution is 0.746. The molecule has 1 atom stereocenters. The molecule has 0 radical (unpaired) electrons. The van der Waals surface area contributed by atoms with Crippen molar-refractivity contribution in [3.8, 4) is 12.3 Å². The normalized spacial score (nSPS) is 19.3. The Morgan fingerprint density at radius 1 is 1.57 bits per heavy atom. The zero-order valence-corrected chi connectivity index (χ0v) is 8.09. The number of terminal acetylenes is 1. The predicted octanol–water partition coefficient (Wildman–Crippen LogP) is 1.51. The van der Waals surface area contributed by atoms with E-state index in [-0.39, 0.29) is 6.04 Å². The second kappa shape index (κ2) is 3.73. The molecule has 0 aliphatic carbocycles. The summed E-state index contributed by atoms with van der Waals surface area (Å²) in [6, 6.07) is 6.49. The van der Waals surface area contributed by atoms with Crippen molar-refractivity contribution in [3.05, 3.63) is 29.3 Å². The summed E-state index contributed by atoms with van der Waals surface area (Å²) in [5.74, 6) is 2.74. The first-order valence-electron chi connectivity index (χ1n) is 4.88. The van der Waals surface area contributed by atoms with E-state index in [0.717, 1.165) is 24.1 Å².